The van der Waals surface area contributed by atoms with Gasteiger partial charge in [0.1, 0.15) is 0 Å². The first-order valence-corrected chi connectivity index (χ1v) is 8.27. The number of nitrogens with one attached hydrogen (secondary N) is 1. The first-order chi connectivity index (χ1) is 9.61. The van der Waals surface area contributed by atoms with Crippen molar-refractivity contribution in [3.05, 3.63) is 28.2 Å². The van der Waals surface area contributed by atoms with Gasteiger partial charge >= 0.3 is 0 Å². The lowest BCUT2D eigenvalue weighted by molar-refractivity contribution is 0.0929. The molecule has 2 rings (SSSR count). The molecule has 4 heteroatoms. The maximum absolute atomic E-state index is 5.62. The van der Waals surface area contributed by atoms with Crippen LogP contribution >= 0.6 is 15.9 Å². The van der Waals surface area contributed by atoms with Crippen LogP contribution in [-0.2, 0) is 11.3 Å². The van der Waals surface area contributed by atoms with Gasteiger partial charge in [0.05, 0.1) is 19.3 Å². The number of hydrogen-bond donors (Lipinski definition) is 1. The van der Waals surface area contributed by atoms with E-state index >= 15 is 0 Å². The Hall–Kier alpha value is -0.580. The zero-order valence-corrected chi connectivity index (χ0v) is 14.2. The Morgan fingerprint density at radius 3 is 2.95 bits per heavy atom. The fraction of sp³-hybridized carbons (Fsp3) is 0.625. The third-order valence-electron chi connectivity index (χ3n) is 3.75. The molecule has 1 saturated heterocycles. The molecular formula is C16H25BrN2O. The van der Waals surface area contributed by atoms with Crippen molar-refractivity contribution in [1.82, 2.24) is 5.32 Å². The van der Waals surface area contributed by atoms with Crippen LogP contribution in [0.2, 0.25) is 0 Å². The molecular weight excluding hydrogens is 316 g/mol. The lowest BCUT2D eigenvalue weighted by Crippen LogP contribution is -2.45. The molecule has 0 bridgehead atoms. The number of morpholine rings is 1. The third kappa shape index (κ3) is 3.96. The average Bonchev–Trinajstić information content (AvgIpc) is 2.45. The minimum Gasteiger partial charge on any atom is -0.377 e. The zero-order valence-electron chi connectivity index (χ0n) is 12.7. The summed E-state index contributed by atoms with van der Waals surface area (Å²) in [5.74, 6) is 0. The quantitative estimate of drug-likeness (QED) is 0.886. The topological polar surface area (TPSA) is 24.5 Å². The molecule has 1 aromatic carbocycles. The summed E-state index contributed by atoms with van der Waals surface area (Å²) in [6.45, 7) is 10.1. The highest BCUT2D eigenvalue weighted by atomic mass is 79.9. The van der Waals surface area contributed by atoms with Crippen molar-refractivity contribution in [2.75, 3.05) is 24.7 Å². The number of rotatable bonds is 5. The molecule has 1 aliphatic rings. The second-order valence-electron chi connectivity index (χ2n) is 5.64. The van der Waals surface area contributed by atoms with E-state index in [9.17, 15) is 0 Å². The summed E-state index contributed by atoms with van der Waals surface area (Å²) < 4.78 is 6.76. The Balaban J connectivity index is 2.24. The Kier molecular flexibility index (Phi) is 5.87. The standard InChI is InChI=1S/C16H25BrN2O/c1-4-15-11-20-8-7-19(15)16-6-5-14(17)9-13(16)10-18-12(2)3/h5-6,9,12,15,18H,4,7-8,10-11H2,1-3H3. The summed E-state index contributed by atoms with van der Waals surface area (Å²) in [5, 5.41) is 3.52. The van der Waals surface area contributed by atoms with Crippen LogP contribution in [0.3, 0.4) is 0 Å². The Morgan fingerprint density at radius 1 is 1.45 bits per heavy atom. The van der Waals surface area contributed by atoms with Gasteiger partial charge in [0.2, 0.25) is 0 Å². The van der Waals surface area contributed by atoms with Gasteiger partial charge in [-0.15, -0.1) is 0 Å². The summed E-state index contributed by atoms with van der Waals surface area (Å²) in [7, 11) is 0. The predicted octanol–water partition coefficient (Wildman–Crippen LogP) is 3.56. The predicted molar refractivity (Wildman–Crippen MR) is 88.4 cm³/mol. The molecule has 0 aromatic heterocycles. The fourth-order valence-electron chi connectivity index (χ4n) is 2.60. The van der Waals surface area contributed by atoms with Gasteiger partial charge in [0.25, 0.3) is 0 Å². The largest absolute Gasteiger partial charge is 0.377 e. The second kappa shape index (κ2) is 7.43. The molecule has 1 N–H and O–H groups in total. The lowest BCUT2D eigenvalue weighted by atomic mass is 10.1. The van der Waals surface area contributed by atoms with Crippen LogP contribution in [0.1, 0.15) is 32.8 Å². The SMILES string of the molecule is CCC1COCCN1c1ccc(Br)cc1CNC(C)C. The van der Waals surface area contributed by atoms with Crippen molar-refractivity contribution >= 4 is 21.6 Å². The van der Waals surface area contributed by atoms with E-state index in [0.717, 1.165) is 37.2 Å². The number of benzene rings is 1. The molecule has 0 spiro atoms. The Labute approximate surface area is 130 Å². The van der Waals surface area contributed by atoms with Crippen LogP contribution in [0.25, 0.3) is 0 Å². The fourth-order valence-corrected chi connectivity index (χ4v) is 3.01. The molecule has 0 radical (unpaired) electrons. The maximum Gasteiger partial charge on any atom is 0.0670 e. The molecule has 1 aromatic rings. The van der Waals surface area contributed by atoms with Gasteiger partial charge < -0.3 is 15.0 Å². The molecule has 0 amide bonds. The van der Waals surface area contributed by atoms with Gasteiger partial charge in [0, 0.05) is 29.3 Å². The van der Waals surface area contributed by atoms with Crippen molar-refractivity contribution in [2.24, 2.45) is 0 Å². The highest BCUT2D eigenvalue weighted by molar-refractivity contribution is 9.10. The van der Waals surface area contributed by atoms with Gasteiger partial charge in [-0.2, -0.15) is 0 Å². The van der Waals surface area contributed by atoms with E-state index in [1.165, 1.54) is 11.3 Å². The van der Waals surface area contributed by atoms with Crippen molar-refractivity contribution in [1.29, 1.82) is 0 Å². The van der Waals surface area contributed by atoms with Crippen LogP contribution in [-0.4, -0.2) is 31.8 Å². The summed E-state index contributed by atoms with van der Waals surface area (Å²) in [4.78, 5) is 2.51. The molecule has 1 atom stereocenters. The van der Waals surface area contributed by atoms with Crippen LogP contribution in [0.4, 0.5) is 5.69 Å². The summed E-state index contributed by atoms with van der Waals surface area (Å²) in [6, 6.07) is 7.58. The van der Waals surface area contributed by atoms with Gasteiger partial charge in [0.15, 0.2) is 0 Å². The highest BCUT2D eigenvalue weighted by Crippen LogP contribution is 2.28. The molecule has 1 aliphatic heterocycles. The first-order valence-electron chi connectivity index (χ1n) is 7.48. The number of anilines is 1. The maximum atomic E-state index is 5.62. The van der Waals surface area contributed by atoms with Gasteiger partial charge in [-0.1, -0.05) is 36.7 Å². The van der Waals surface area contributed by atoms with Gasteiger partial charge in [-0.25, -0.2) is 0 Å². The number of hydrogen-bond acceptors (Lipinski definition) is 3. The Morgan fingerprint density at radius 2 is 2.25 bits per heavy atom. The molecule has 0 saturated carbocycles. The first kappa shape index (κ1) is 15.8. The van der Waals surface area contributed by atoms with Crippen LogP contribution < -0.4 is 10.2 Å². The molecule has 3 nitrogen and oxygen atoms in total. The van der Waals surface area contributed by atoms with E-state index in [1.807, 2.05) is 0 Å². The normalized spacial score (nSPS) is 19.6. The number of ether oxygens (including phenoxy) is 1. The van der Waals surface area contributed by atoms with E-state index in [4.69, 9.17) is 4.74 Å². The zero-order chi connectivity index (χ0) is 14.5. The van der Waals surface area contributed by atoms with E-state index in [0.29, 0.717) is 12.1 Å². The van der Waals surface area contributed by atoms with Crippen LogP contribution in [0.5, 0.6) is 0 Å². The molecule has 20 heavy (non-hydrogen) atoms. The third-order valence-corrected chi connectivity index (χ3v) is 4.24. The van der Waals surface area contributed by atoms with Crippen LogP contribution in [0.15, 0.2) is 22.7 Å². The summed E-state index contributed by atoms with van der Waals surface area (Å²) in [6.07, 6.45) is 1.12. The van der Waals surface area contributed by atoms with E-state index < -0.39 is 0 Å². The summed E-state index contributed by atoms with van der Waals surface area (Å²) in [5.41, 5.74) is 2.70. The molecule has 1 heterocycles. The second-order valence-corrected chi connectivity index (χ2v) is 6.55. The average molecular weight is 341 g/mol. The van der Waals surface area contributed by atoms with Gasteiger partial charge in [-0.3, -0.25) is 0 Å². The van der Waals surface area contributed by atoms with Crippen molar-refractivity contribution in [2.45, 2.75) is 45.8 Å². The molecule has 0 aliphatic carbocycles. The monoisotopic (exact) mass is 340 g/mol. The minimum absolute atomic E-state index is 0.489. The van der Waals surface area contributed by atoms with Crippen LogP contribution in [0, 0.1) is 0 Å². The molecule has 1 unspecified atom stereocenters. The molecule has 112 valence electrons. The molecule has 1 fully saturated rings. The minimum atomic E-state index is 0.489. The number of nitrogens with zero attached hydrogens (tertiary/aromatic N) is 1. The highest BCUT2D eigenvalue weighted by Gasteiger charge is 2.23. The van der Waals surface area contributed by atoms with E-state index in [2.05, 4.69) is 65.1 Å². The van der Waals surface area contributed by atoms with Crippen molar-refractivity contribution < 1.29 is 4.74 Å². The van der Waals surface area contributed by atoms with E-state index in [1.54, 1.807) is 0 Å². The van der Waals surface area contributed by atoms with Crippen molar-refractivity contribution in [3.8, 4) is 0 Å². The number of halogens is 1. The smallest absolute Gasteiger partial charge is 0.0670 e. The Bertz CT molecular complexity index is 436. The van der Waals surface area contributed by atoms with E-state index in [-0.39, 0.29) is 0 Å². The lowest BCUT2D eigenvalue weighted by Gasteiger charge is -2.38. The van der Waals surface area contributed by atoms with Crippen molar-refractivity contribution in [3.63, 3.8) is 0 Å². The summed E-state index contributed by atoms with van der Waals surface area (Å²) >= 11 is 3.59. The van der Waals surface area contributed by atoms with Gasteiger partial charge in [-0.05, 0) is 30.2 Å².